The molecule has 2 rings (SSSR count). The number of benzene rings is 1. The summed E-state index contributed by atoms with van der Waals surface area (Å²) in [5.41, 5.74) is 7.43. The van der Waals surface area contributed by atoms with E-state index in [9.17, 15) is 4.79 Å². The highest BCUT2D eigenvalue weighted by Gasteiger charge is 2.07. The Hall–Kier alpha value is -2.30. The van der Waals surface area contributed by atoms with E-state index in [0.29, 0.717) is 11.3 Å². The lowest BCUT2D eigenvalue weighted by atomic mass is 10.2. The number of carbonyl (C=O) groups excluding carboxylic acids is 1. The number of carbonyl (C=O) groups is 1. The molecule has 0 fully saturated rings. The van der Waals surface area contributed by atoms with Gasteiger partial charge in [0.15, 0.2) is 0 Å². The molecule has 0 saturated carbocycles. The van der Waals surface area contributed by atoms with Crippen molar-refractivity contribution in [3.63, 3.8) is 0 Å². The molecular weight excluding hydrogens is 218 g/mol. The monoisotopic (exact) mass is 231 g/mol. The topological polar surface area (TPSA) is 70.1 Å². The summed E-state index contributed by atoms with van der Waals surface area (Å²) in [6.07, 6.45) is 3.46. The normalized spacial score (nSPS) is 10.2. The van der Waals surface area contributed by atoms with Crippen LogP contribution in [-0.2, 0) is 18.4 Å². The summed E-state index contributed by atoms with van der Waals surface area (Å²) in [4.78, 5) is 11.7. The Morgan fingerprint density at radius 3 is 3.00 bits per heavy atom. The van der Waals surface area contributed by atoms with Gasteiger partial charge in [-0.2, -0.15) is 5.10 Å². The molecular formula is C12H13N3O2. The molecule has 88 valence electrons. The van der Waals surface area contributed by atoms with Gasteiger partial charge in [-0.05, 0) is 18.2 Å². The quantitative estimate of drug-likeness (QED) is 0.639. The van der Waals surface area contributed by atoms with E-state index in [1.54, 1.807) is 41.3 Å². The zero-order chi connectivity index (χ0) is 12.3. The summed E-state index contributed by atoms with van der Waals surface area (Å²) in [5.74, 6) is -0.388. The second-order valence-electron chi connectivity index (χ2n) is 3.72. The molecule has 1 heterocycles. The molecule has 0 spiro atoms. The zero-order valence-electron chi connectivity index (χ0n) is 9.46. The van der Waals surface area contributed by atoms with Gasteiger partial charge in [0.1, 0.15) is 6.61 Å². The first-order valence-electron chi connectivity index (χ1n) is 5.15. The van der Waals surface area contributed by atoms with E-state index >= 15 is 0 Å². The number of anilines is 1. The summed E-state index contributed by atoms with van der Waals surface area (Å²) in [6.45, 7) is 0.210. The van der Waals surface area contributed by atoms with E-state index in [0.717, 1.165) is 5.56 Å². The van der Waals surface area contributed by atoms with Gasteiger partial charge >= 0.3 is 5.97 Å². The Bertz CT molecular complexity index is 534. The molecule has 0 atom stereocenters. The average Bonchev–Trinajstić information content (AvgIpc) is 2.72. The van der Waals surface area contributed by atoms with Gasteiger partial charge in [-0.25, -0.2) is 4.79 Å². The standard InChI is InChI=1S/C12H13N3O2/c1-15-7-9(6-14-15)8-17-12(16)10-3-2-4-11(13)5-10/h2-7H,8,13H2,1H3. The van der Waals surface area contributed by atoms with Gasteiger partial charge in [0.2, 0.25) is 0 Å². The molecule has 0 radical (unpaired) electrons. The SMILES string of the molecule is Cn1cc(COC(=O)c2cccc(N)c2)cn1. The van der Waals surface area contributed by atoms with Crippen molar-refractivity contribution in [1.29, 1.82) is 0 Å². The molecule has 2 aromatic rings. The maximum atomic E-state index is 11.7. The van der Waals surface area contributed by atoms with Crippen LogP contribution in [-0.4, -0.2) is 15.7 Å². The van der Waals surface area contributed by atoms with Gasteiger partial charge < -0.3 is 10.5 Å². The number of nitrogens with two attached hydrogens (primary N) is 1. The Morgan fingerprint density at radius 1 is 1.53 bits per heavy atom. The van der Waals surface area contributed by atoms with Crippen molar-refractivity contribution in [3.8, 4) is 0 Å². The van der Waals surface area contributed by atoms with Crippen LogP contribution < -0.4 is 5.73 Å². The Morgan fingerprint density at radius 2 is 2.35 bits per heavy atom. The molecule has 0 saturated heterocycles. The van der Waals surface area contributed by atoms with E-state index in [-0.39, 0.29) is 12.6 Å². The van der Waals surface area contributed by atoms with Crippen molar-refractivity contribution in [2.45, 2.75) is 6.61 Å². The van der Waals surface area contributed by atoms with Crippen molar-refractivity contribution < 1.29 is 9.53 Å². The van der Waals surface area contributed by atoms with E-state index in [1.165, 1.54) is 0 Å². The molecule has 0 unspecified atom stereocenters. The van der Waals surface area contributed by atoms with Crippen molar-refractivity contribution in [2.24, 2.45) is 7.05 Å². The highest BCUT2D eigenvalue weighted by molar-refractivity contribution is 5.90. The van der Waals surface area contributed by atoms with Crippen molar-refractivity contribution in [2.75, 3.05) is 5.73 Å². The minimum atomic E-state index is -0.388. The predicted molar refractivity (Wildman–Crippen MR) is 63.2 cm³/mol. The van der Waals surface area contributed by atoms with Crippen LogP contribution in [0.15, 0.2) is 36.7 Å². The van der Waals surface area contributed by atoms with Crippen LogP contribution in [0.1, 0.15) is 15.9 Å². The average molecular weight is 231 g/mol. The molecule has 1 aromatic carbocycles. The van der Waals surface area contributed by atoms with Crippen molar-refractivity contribution in [1.82, 2.24) is 9.78 Å². The summed E-state index contributed by atoms with van der Waals surface area (Å²) < 4.78 is 6.79. The first-order valence-corrected chi connectivity index (χ1v) is 5.15. The molecule has 0 amide bonds. The molecule has 5 nitrogen and oxygen atoms in total. The number of hydrogen-bond acceptors (Lipinski definition) is 4. The van der Waals surface area contributed by atoms with Crippen LogP contribution in [0.3, 0.4) is 0 Å². The molecule has 0 aliphatic rings. The number of nitrogens with zero attached hydrogens (tertiary/aromatic N) is 2. The van der Waals surface area contributed by atoms with Crippen LogP contribution in [0.4, 0.5) is 5.69 Å². The van der Waals surface area contributed by atoms with Crippen molar-refractivity contribution in [3.05, 3.63) is 47.8 Å². The Labute approximate surface area is 98.8 Å². The fourth-order valence-corrected chi connectivity index (χ4v) is 1.44. The first-order chi connectivity index (χ1) is 8.15. The molecule has 0 aliphatic carbocycles. The highest BCUT2D eigenvalue weighted by atomic mass is 16.5. The molecule has 0 aliphatic heterocycles. The molecule has 0 bridgehead atoms. The maximum Gasteiger partial charge on any atom is 0.338 e. The van der Waals surface area contributed by atoms with E-state index in [2.05, 4.69) is 5.10 Å². The second-order valence-corrected chi connectivity index (χ2v) is 3.72. The first kappa shape index (κ1) is 11.2. The van der Waals surface area contributed by atoms with Gasteiger partial charge in [0.05, 0.1) is 11.8 Å². The third-order valence-electron chi connectivity index (χ3n) is 2.25. The van der Waals surface area contributed by atoms with Crippen LogP contribution in [0, 0.1) is 0 Å². The number of esters is 1. The van der Waals surface area contributed by atoms with Gasteiger partial charge in [-0.15, -0.1) is 0 Å². The minimum absolute atomic E-state index is 0.210. The number of hydrogen-bond donors (Lipinski definition) is 1. The third kappa shape index (κ3) is 2.84. The van der Waals surface area contributed by atoms with Crippen molar-refractivity contribution >= 4 is 11.7 Å². The van der Waals surface area contributed by atoms with E-state index in [1.807, 2.05) is 7.05 Å². The summed E-state index contributed by atoms with van der Waals surface area (Å²) in [7, 11) is 1.81. The summed E-state index contributed by atoms with van der Waals surface area (Å²) in [6, 6.07) is 6.70. The zero-order valence-corrected chi connectivity index (χ0v) is 9.46. The van der Waals surface area contributed by atoms with Crippen LogP contribution in [0.25, 0.3) is 0 Å². The fourth-order valence-electron chi connectivity index (χ4n) is 1.44. The highest BCUT2D eigenvalue weighted by Crippen LogP contribution is 2.09. The molecule has 1 aromatic heterocycles. The number of ether oxygens (including phenoxy) is 1. The number of aromatic nitrogens is 2. The maximum absolute atomic E-state index is 11.7. The van der Waals surface area contributed by atoms with Gasteiger partial charge in [-0.3, -0.25) is 4.68 Å². The largest absolute Gasteiger partial charge is 0.457 e. The third-order valence-corrected chi connectivity index (χ3v) is 2.25. The van der Waals surface area contributed by atoms with Gasteiger partial charge in [0, 0.05) is 24.5 Å². The lowest BCUT2D eigenvalue weighted by Crippen LogP contribution is -2.05. The fraction of sp³-hybridized carbons (Fsp3) is 0.167. The smallest absolute Gasteiger partial charge is 0.338 e. The lowest BCUT2D eigenvalue weighted by Gasteiger charge is -2.03. The van der Waals surface area contributed by atoms with Crippen LogP contribution in [0.2, 0.25) is 0 Å². The lowest BCUT2D eigenvalue weighted by molar-refractivity contribution is 0.0472. The van der Waals surface area contributed by atoms with Gasteiger partial charge in [0.25, 0.3) is 0 Å². The predicted octanol–water partition coefficient (Wildman–Crippen LogP) is 1.36. The number of aryl methyl sites for hydroxylation is 1. The van der Waals surface area contributed by atoms with Crippen LogP contribution >= 0.6 is 0 Å². The van der Waals surface area contributed by atoms with Gasteiger partial charge in [-0.1, -0.05) is 6.07 Å². The van der Waals surface area contributed by atoms with E-state index < -0.39 is 0 Å². The minimum Gasteiger partial charge on any atom is -0.457 e. The number of nitrogen functional groups attached to an aromatic ring is 1. The Kier molecular flexibility index (Phi) is 3.09. The number of rotatable bonds is 3. The van der Waals surface area contributed by atoms with Crippen LogP contribution in [0.5, 0.6) is 0 Å². The summed E-state index contributed by atoms with van der Waals surface area (Å²) >= 11 is 0. The molecule has 5 heteroatoms. The summed E-state index contributed by atoms with van der Waals surface area (Å²) in [5, 5.41) is 3.99. The molecule has 17 heavy (non-hydrogen) atoms. The van der Waals surface area contributed by atoms with E-state index in [4.69, 9.17) is 10.5 Å². The Balaban J connectivity index is 1.98. The molecule has 2 N–H and O–H groups in total. The second kappa shape index (κ2) is 4.69.